The Hall–Kier alpha value is -3.45. The average Bonchev–Trinajstić information content (AvgIpc) is 2.90. The van der Waals surface area contributed by atoms with Crippen LogP contribution in [0.2, 0.25) is 0 Å². The Balaban J connectivity index is 1.42. The normalized spacial score (nSPS) is 11.2. The number of unbranched alkanes of at least 4 members (excludes halogenated alkanes) is 5. The van der Waals surface area contributed by atoms with E-state index in [2.05, 4.69) is 17.0 Å². The van der Waals surface area contributed by atoms with Crippen LogP contribution in [0.15, 0.2) is 78.9 Å². The number of sulfonamides is 1. The molecule has 0 saturated carbocycles. The Kier molecular flexibility index (Phi) is 10.9. The van der Waals surface area contributed by atoms with Crippen LogP contribution in [0.3, 0.4) is 0 Å². The summed E-state index contributed by atoms with van der Waals surface area (Å²) in [6.07, 6.45) is 6.08. The van der Waals surface area contributed by atoms with Gasteiger partial charge in [-0.1, -0.05) is 106 Å². The maximum absolute atomic E-state index is 12.4. The van der Waals surface area contributed by atoms with Crippen molar-refractivity contribution in [1.82, 2.24) is 10.0 Å². The number of benzene rings is 3. The molecule has 0 aromatic heterocycles. The van der Waals surface area contributed by atoms with Crippen LogP contribution < -0.4 is 10.0 Å². The number of hydrogen-bond acceptors (Lipinski definition) is 4. The van der Waals surface area contributed by atoms with E-state index in [0.717, 1.165) is 54.4 Å². The van der Waals surface area contributed by atoms with Gasteiger partial charge in [-0.2, -0.15) is 0 Å². The van der Waals surface area contributed by atoms with Crippen molar-refractivity contribution < 1.29 is 18.0 Å². The summed E-state index contributed by atoms with van der Waals surface area (Å²) in [5.41, 5.74) is 4.24. The first-order chi connectivity index (χ1) is 17.9. The minimum Gasteiger partial charge on any atom is -0.352 e. The molecule has 3 aromatic carbocycles. The van der Waals surface area contributed by atoms with E-state index in [0.29, 0.717) is 13.0 Å². The van der Waals surface area contributed by atoms with E-state index in [4.69, 9.17) is 0 Å². The van der Waals surface area contributed by atoms with Crippen molar-refractivity contribution >= 4 is 21.8 Å². The molecule has 3 aromatic rings. The summed E-state index contributed by atoms with van der Waals surface area (Å²) in [6.45, 7) is 2.45. The monoisotopic (exact) mass is 520 g/mol. The number of carbonyl (C=O) groups is 2. The number of nitrogens with one attached hydrogen (secondary N) is 2. The fourth-order valence-corrected chi connectivity index (χ4v) is 5.08. The van der Waals surface area contributed by atoms with E-state index in [-0.39, 0.29) is 23.6 Å². The van der Waals surface area contributed by atoms with Gasteiger partial charge < -0.3 is 5.32 Å². The predicted molar refractivity (Wildman–Crippen MR) is 148 cm³/mol. The van der Waals surface area contributed by atoms with Gasteiger partial charge in [-0.25, -0.2) is 13.1 Å². The molecule has 0 atom stereocenters. The summed E-state index contributed by atoms with van der Waals surface area (Å²) >= 11 is 0. The molecule has 0 aliphatic carbocycles. The van der Waals surface area contributed by atoms with Crippen LogP contribution in [0.25, 0.3) is 11.1 Å². The second-order valence-corrected chi connectivity index (χ2v) is 11.1. The van der Waals surface area contributed by atoms with Crippen LogP contribution in [0.4, 0.5) is 0 Å². The summed E-state index contributed by atoms with van der Waals surface area (Å²) in [5, 5.41) is 2.89. The lowest BCUT2D eigenvalue weighted by molar-refractivity contribution is -0.120. The topological polar surface area (TPSA) is 92.3 Å². The number of rotatable bonds is 14. The number of hydrogen-bond donors (Lipinski definition) is 2. The van der Waals surface area contributed by atoms with Crippen molar-refractivity contribution in [3.8, 4) is 11.1 Å². The summed E-state index contributed by atoms with van der Waals surface area (Å²) in [7, 11) is -3.66. The van der Waals surface area contributed by atoms with Gasteiger partial charge in [-0.05, 0) is 40.8 Å². The minimum absolute atomic E-state index is 0.0516. The molecule has 0 aliphatic heterocycles. The van der Waals surface area contributed by atoms with E-state index in [1.54, 1.807) is 24.3 Å². The molecule has 7 heteroatoms. The molecule has 0 unspecified atom stereocenters. The number of carbonyl (C=O) groups excluding carboxylic acids is 2. The molecular weight excluding hydrogens is 484 g/mol. The Morgan fingerprint density at radius 2 is 1.30 bits per heavy atom. The maximum Gasteiger partial charge on any atom is 0.264 e. The Labute approximate surface area is 220 Å². The Morgan fingerprint density at radius 1 is 0.703 bits per heavy atom. The molecule has 0 spiro atoms. The average molecular weight is 521 g/mol. The van der Waals surface area contributed by atoms with Crippen LogP contribution in [0.1, 0.15) is 66.9 Å². The third-order valence-electron chi connectivity index (χ3n) is 6.15. The van der Waals surface area contributed by atoms with Crippen LogP contribution in [0.5, 0.6) is 0 Å². The minimum atomic E-state index is -3.66. The lowest BCUT2D eigenvalue weighted by atomic mass is 10.0. The third kappa shape index (κ3) is 9.84. The molecule has 0 aliphatic rings. The van der Waals surface area contributed by atoms with Gasteiger partial charge in [-0.15, -0.1) is 0 Å². The lowest BCUT2D eigenvalue weighted by Crippen LogP contribution is -2.32. The molecule has 2 N–H and O–H groups in total. The zero-order chi connectivity index (χ0) is 26.5. The van der Waals surface area contributed by atoms with Gasteiger partial charge in [0.2, 0.25) is 15.9 Å². The second-order valence-electron chi connectivity index (χ2n) is 9.23. The highest BCUT2D eigenvalue weighted by Crippen LogP contribution is 2.19. The van der Waals surface area contributed by atoms with Crippen molar-refractivity contribution in [3.05, 3.63) is 95.6 Å². The van der Waals surface area contributed by atoms with Gasteiger partial charge in [0.1, 0.15) is 0 Å². The molecule has 0 saturated heterocycles. The first kappa shape index (κ1) is 28.1. The van der Waals surface area contributed by atoms with E-state index < -0.39 is 15.9 Å². The third-order valence-corrected chi connectivity index (χ3v) is 7.47. The van der Waals surface area contributed by atoms with Crippen LogP contribution in [-0.4, -0.2) is 26.0 Å². The molecule has 2 amide bonds. The smallest absolute Gasteiger partial charge is 0.264 e. The Morgan fingerprint density at radius 3 is 1.97 bits per heavy atom. The highest BCUT2D eigenvalue weighted by Gasteiger charge is 2.16. The second kappa shape index (κ2) is 14.3. The summed E-state index contributed by atoms with van der Waals surface area (Å²) in [6, 6.07) is 24.6. The van der Waals surface area contributed by atoms with E-state index >= 15 is 0 Å². The Bertz CT molecular complexity index is 1240. The number of amides is 2. The molecule has 0 fully saturated rings. The first-order valence-electron chi connectivity index (χ1n) is 12.9. The summed E-state index contributed by atoms with van der Waals surface area (Å²) in [5.74, 6) is -0.792. The van der Waals surface area contributed by atoms with Gasteiger partial charge in [0, 0.05) is 12.1 Å². The maximum atomic E-state index is 12.4. The van der Waals surface area contributed by atoms with Gasteiger partial charge in [-0.3, -0.25) is 9.59 Å². The van der Waals surface area contributed by atoms with Gasteiger partial charge in [0.05, 0.1) is 12.2 Å². The van der Waals surface area contributed by atoms with Gasteiger partial charge >= 0.3 is 0 Å². The summed E-state index contributed by atoms with van der Waals surface area (Å²) < 4.78 is 26.6. The van der Waals surface area contributed by atoms with Crippen molar-refractivity contribution in [2.45, 2.75) is 58.4 Å². The van der Waals surface area contributed by atoms with E-state index in [1.165, 1.54) is 0 Å². The van der Waals surface area contributed by atoms with E-state index in [1.807, 2.05) is 54.6 Å². The molecule has 6 nitrogen and oxygen atoms in total. The first-order valence-corrected chi connectivity index (χ1v) is 14.6. The predicted octanol–water partition coefficient (Wildman–Crippen LogP) is 5.63. The van der Waals surface area contributed by atoms with Crippen molar-refractivity contribution in [3.63, 3.8) is 0 Å². The highest BCUT2D eigenvalue weighted by molar-refractivity contribution is 7.90. The zero-order valence-corrected chi connectivity index (χ0v) is 22.2. The summed E-state index contributed by atoms with van der Waals surface area (Å²) in [4.78, 5) is 24.8. The van der Waals surface area contributed by atoms with Crippen LogP contribution in [-0.2, 0) is 27.8 Å². The molecule has 3 rings (SSSR count). The van der Waals surface area contributed by atoms with Gasteiger partial charge in [0.15, 0.2) is 0 Å². The lowest BCUT2D eigenvalue weighted by Gasteiger charge is -2.09. The van der Waals surface area contributed by atoms with Crippen molar-refractivity contribution in [2.75, 3.05) is 5.75 Å². The van der Waals surface area contributed by atoms with Crippen molar-refractivity contribution in [1.29, 1.82) is 0 Å². The molecule has 0 radical (unpaired) electrons. The molecule has 0 bridgehead atoms. The quantitative estimate of drug-likeness (QED) is 0.269. The molecule has 37 heavy (non-hydrogen) atoms. The largest absolute Gasteiger partial charge is 0.352 e. The molecular formula is C30H36N2O4S. The van der Waals surface area contributed by atoms with Crippen molar-refractivity contribution in [2.24, 2.45) is 0 Å². The van der Waals surface area contributed by atoms with E-state index in [9.17, 15) is 18.0 Å². The SMILES string of the molecule is CCCCCCCCS(=O)(=O)NC(=O)c1ccc(CNC(=O)Cc2ccc(-c3ccccc3)cc2)cc1. The fourth-order valence-electron chi connectivity index (χ4n) is 3.99. The fraction of sp³-hybridized carbons (Fsp3) is 0.333. The van der Waals surface area contributed by atoms with Gasteiger partial charge in [0.25, 0.3) is 5.91 Å². The molecule has 196 valence electrons. The standard InChI is InChI=1S/C30H36N2O4S/c1-2-3-4-5-6-10-21-37(35,36)32-30(34)28-19-15-25(16-20-28)23-31-29(33)22-24-13-17-27(18-14-24)26-11-8-7-9-12-26/h7-9,11-20H,2-6,10,21-23H2,1H3,(H,31,33)(H,32,34). The van der Waals surface area contributed by atoms with Crippen LogP contribution in [0, 0.1) is 0 Å². The van der Waals surface area contributed by atoms with Crippen LogP contribution >= 0.6 is 0 Å². The molecule has 0 heterocycles. The zero-order valence-electron chi connectivity index (χ0n) is 21.4. The highest BCUT2D eigenvalue weighted by atomic mass is 32.2.